The van der Waals surface area contributed by atoms with Crippen LogP contribution in [0.1, 0.15) is 22.5 Å². The molecule has 0 radical (unpaired) electrons. The summed E-state index contributed by atoms with van der Waals surface area (Å²) in [6.45, 7) is 3.46. The number of anilines is 2. The zero-order valence-corrected chi connectivity index (χ0v) is 14.9. The van der Waals surface area contributed by atoms with E-state index in [0.717, 1.165) is 24.2 Å². The predicted octanol–water partition coefficient (Wildman–Crippen LogP) is 2.86. The lowest BCUT2D eigenvalue weighted by atomic mass is 10.2. The summed E-state index contributed by atoms with van der Waals surface area (Å²) < 4.78 is 0. The maximum absolute atomic E-state index is 12.0. The van der Waals surface area contributed by atoms with Gasteiger partial charge in [-0.05, 0) is 63.8 Å². The van der Waals surface area contributed by atoms with Gasteiger partial charge in [0.15, 0.2) is 11.5 Å². The maximum atomic E-state index is 12.0. The molecule has 1 heterocycles. The molecule has 0 aliphatic rings. The molecule has 7 heteroatoms. The van der Waals surface area contributed by atoms with Gasteiger partial charge in [-0.2, -0.15) is 0 Å². The van der Waals surface area contributed by atoms with Gasteiger partial charge in [-0.3, -0.25) is 4.79 Å². The molecule has 0 saturated carbocycles. The first kappa shape index (κ1) is 18.2. The summed E-state index contributed by atoms with van der Waals surface area (Å²) in [4.78, 5) is 14.1. The van der Waals surface area contributed by atoms with Crippen LogP contribution in [-0.4, -0.2) is 48.2 Å². The topological polar surface area (TPSA) is 70.2 Å². The Morgan fingerprint density at radius 2 is 2.00 bits per heavy atom. The average Bonchev–Trinajstić information content (AvgIpc) is 2.56. The predicted molar refractivity (Wildman–Crippen MR) is 97.0 cm³/mol. The van der Waals surface area contributed by atoms with Crippen molar-refractivity contribution in [2.45, 2.75) is 13.3 Å². The Bertz CT molecular complexity index is 688. The Balaban J connectivity index is 1.93. The third-order valence-corrected chi connectivity index (χ3v) is 3.90. The van der Waals surface area contributed by atoms with Crippen molar-refractivity contribution in [1.82, 2.24) is 20.4 Å². The first-order valence-electron chi connectivity index (χ1n) is 7.76. The highest BCUT2D eigenvalue weighted by Gasteiger charge is 2.08. The highest BCUT2D eigenvalue weighted by atomic mass is 35.5. The molecule has 0 fully saturated rings. The number of nitrogens with one attached hydrogen (secondary N) is 2. The fraction of sp³-hybridized carbons (Fsp3) is 0.353. The molecule has 0 spiro atoms. The van der Waals surface area contributed by atoms with Crippen molar-refractivity contribution in [1.29, 1.82) is 0 Å². The normalized spacial score (nSPS) is 10.7. The highest BCUT2D eigenvalue weighted by molar-refractivity contribution is 6.31. The zero-order chi connectivity index (χ0) is 17.5. The second-order valence-electron chi connectivity index (χ2n) is 5.75. The number of hydrogen-bond donors (Lipinski definition) is 2. The van der Waals surface area contributed by atoms with Gasteiger partial charge in [0.25, 0.3) is 5.91 Å². The van der Waals surface area contributed by atoms with Gasteiger partial charge in [-0.25, -0.2) is 0 Å². The van der Waals surface area contributed by atoms with Gasteiger partial charge in [-0.1, -0.05) is 17.7 Å². The van der Waals surface area contributed by atoms with Crippen LogP contribution in [0.5, 0.6) is 0 Å². The van der Waals surface area contributed by atoms with E-state index in [9.17, 15) is 4.79 Å². The molecule has 1 aromatic carbocycles. The van der Waals surface area contributed by atoms with Crippen molar-refractivity contribution in [3.63, 3.8) is 0 Å². The van der Waals surface area contributed by atoms with E-state index in [0.29, 0.717) is 23.1 Å². The minimum Gasteiger partial charge on any atom is -0.351 e. The molecule has 0 saturated heterocycles. The lowest BCUT2D eigenvalue weighted by Gasteiger charge is -2.10. The number of aromatic nitrogens is 2. The molecule has 2 N–H and O–H groups in total. The summed E-state index contributed by atoms with van der Waals surface area (Å²) in [6, 6.07) is 8.98. The zero-order valence-electron chi connectivity index (χ0n) is 14.1. The van der Waals surface area contributed by atoms with E-state index in [1.165, 1.54) is 0 Å². The van der Waals surface area contributed by atoms with Crippen LogP contribution in [0, 0.1) is 6.92 Å². The van der Waals surface area contributed by atoms with Gasteiger partial charge < -0.3 is 15.5 Å². The van der Waals surface area contributed by atoms with Crippen molar-refractivity contribution in [3.05, 3.63) is 46.6 Å². The van der Waals surface area contributed by atoms with Crippen LogP contribution in [0.25, 0.3) is 0 Å². The first-order valence-corrected chi connectivity index (χ1v) is 8.14. The van der Waals surface area contributed by atoms with E-state index in [1.54, 1.807) is 12.1 Å². The van der Waals surface area contributed by atoms with Crippen molar-refractivity contribution in [2.75, 3.05) is 32.5 Å². The van der Waals surface area contributed by atoms with E-state index in [2.05, 4.69) is 25.7 Å². The summed E-state index contributed by atoms with van der Waals surface area (Å²) >= 11 is 6.09. The Hall–Kier alpha value is -2.18. The van der Waals surface area contributed by atoms with Gasteiger partial charge >= 0.3 is 0 Å². The fourth-order valence-electron chi connectivity index (χ4n) is 2.09. The molecule has 0 atom stereocenters. The van der Waals surface area contributed by atoms with Crippen LogP contribution in [0.15, 0.2) is 30.3 Å². The van der Waals surface area contributed by atoms with E-state index >= 15 is 0 Å². The highest BCUT2D eigenvalue weighted by Crippen LogP contribution is 2.25. The SMILES string of the molecule is Cc1c(Cl)cccc1Nc1ccc(C(=O)NCCCN(C)C)nn1. The fourth-order valence-corrected chi connectivity index (χ4v) is 2.26. The van der Waals surface area contributed by atoms with Gasteiger partial charge in [0.05, 0.1) is 0 Å². The van der Waals surface area contributed by atoms with Crippen LogP contribution in [-0.2, 0) is 0 Å². The summed E-state index contributed by atoms with van der Waals surface area (Å²) in [5.74, 6) is 0.344. The largest absolute Gasteiger partial charge is 0.351 e. The maximum Gasteiger partial charge on any atom is 0.271 e. The molecular weight excluding hydrogens is 326 g/mol. The molecule has 24 heavy (non-hydrogen) atoms. The molecule has 2 aromatic rings. The number of halogens is 1. The van der Waals surface area contributed by atoms with E-state index in [1.807, 2.05) is 39.2 Å². The summed E-state index contributed by atoms with van der Waals surface area (Å²) in [5.41, 5.74) is 2.09. The quantitative estimate of drug-likeness (QED) is 0.754. The smallest absolute Gasteiger partial charge is 0.271 e. The summed E-state index contributed by atoms with van der Waals surface area (Å²) in [7, 11) is 4.00. The molecule has 1 aromatic heterocycles. The number of benzene rings is 1. The Morgan fingerprint density at radius 1 is 1.21 bits per heavy atom. The standard InChI is InChI=1S/C17H22ClN5O/c1-12-13(18)6-4-7-14(12)20-16-9-8-15(21-22-16)17(24)19-10-5-11-23(2)3/h4,6-9H,5,10-11H2,1-3H3,(H,19,24)(H,20,22). The Morgan fingerprint density at radius 3 is 2.67 bits per heavy atom. The minimum atomic E-state index is -0.216. The number of nitrogens with zero attached hydrogens (tertiary/aromatic N) is 3. The number of rotatable bonds is 7. The lowest BCUT2D eigenvalue weighted by Crippen LogP contribution is -2.28. The number of carbonyl (C=O) groups is 1. The van der Waals surface area contributed by atoms with Crippen LogP contribution in [0.2, 0.25) is 5.02 Å². The lowest BCUT2D eigenvalue weighted by molar-refractivity contribution is 0.0946. The molecule has 6 nitrogen and oxygen atoms in total. The first-order chi connectivity index (χ1) is 11.5. The monoisotopic (exact) mass is 347 g/mol. The van der Waals surface area contributed by atoms with E-state index in [-0.39, 0.29) is 5.91 Å². The number of amides is 1. The Labute approximate surface area is 147 Å². The number of carbonyl (C=O) groups excluding carboxylic acids is 1. The van der Waals surface area contributed by atoms with Crippen LogP contribution >= 0.6 is 11.6 Å². The Kier molecular flexibility index (Phi) is 6.52. The van der Waals surface area contributed by atoms with Gasteiger partial charge in [0, 0.05) is 17.3 Å². The average molecular weight is 348 g/mol. The summed E-state index contributed by atoms with van der Waals surface area (Å²) in [5, 5.41) is 14.7. The molecule has 2 rings (SSSR count). The minimum absolute atomic E-state index is 0.216. The van der Waals surface area contributed by atoms with Gasteiger partial charge in [0.1, 0.15) is 0 Å². The molecule has 128 valence electrons. The molecular formula is C17H22ClN5O. The van der Waals surface area contributed by atoms with Gasteiger partial charge in [0.2, 0.25) is 0 Å². The van der Waals surface area contributed by atoms with Crippen molar-refractivity contribution < 1.29 is 4.79 Å². The van der Waals surface area contributed by atoms with Crippen molar-refractivity contribution in [2.24, 2.45) is 0 Å². The summed E-state index contributed by atoms with van der Waals surface area (Å²) in [6.07, 6.45) is 0.889. The molecule has 0 unspecified atom stereocenters. The molecule has 0 aliphatic heterocycles. The van der Waals surface area contributed by atoms with E-state index < -0.39 is 0 Å². The van der Waals surface area contributed by atoms with E-state index in [4.69, 9.17) is 11.6 Å². The molecule has 0 aliphatic carbocycles. The third-order valence-electron chi connectivity index (χ3n) is 3.50. The third kappa shape index (κ3) is 5.18. The van der Waals surface area contributed by atoms with Gasteiger partial charge in [-0.15, -0.1) is 10.2 Å². The number of hydrogen-bond acceptors (Lipinski definition) is 5. The second kappa shape index (κ2) is 8.61. The van der Waals surface area contributed by atoms with Crippen LogP contribution < -0.4 is 10.6 Å². The van der Waals surface area contributed by atoms with Crippen LogP contribution in [0.4, 0.5) is 11.5 Å². The molecule has 1 amide bonds. The molecule has 0 bridgehead atoms. The van der Waals surface area contributed by atoms with Crippen molar-refractivity contribution in [3.8, 4) is 0 Å². The second-order valence-corrected chi connectivity index (χ2v) is 6.16. The van der Waals surface area contributed by atoms with Crippen molar-refractivity contribution >= 4 is 29.0 Å². The van der Waals surface area contributed by atoms with Crippen LogP contribution in [0.3, 0.4) is 0 Å².